The molecule has 9 nitrogen and oxygen atoms in total. The number of H-pyrrole nitrogens is 1. The van der Waals surface area contributed by atoms with Crippen LogP contribution in [-0.4, -0.2) is 64.4 Å². The number of allylic oxidation sites excluding steroid dienone is 2. The Bertz CT molecular complexity index is 1250. The number of aromatic nitrogens is 2. The van der Waals surface area contributed by atoms with E-state index in [9.17, 15) is 14.7 Å². The van der Waals surface area contributed by atoms with Crippen LogP contribution in [0, 0.1) is 16.7 Å². The van der Waals surface area contributed by atoms with Crippen molar-refractivity contribution in [3.05, 3.63) is 53.1 Å². The maximum absolute atomic E-state index is 12.9. The minimum Gasteiger partial charge on any atom is -0.549 e. The van der Waals surface area contributed by atoms with Crippen LogP contribution in [0.2, 0.25) is 0 Å². The van der Waals surface area contributed by atoms with Gasteiger partial charge in [0.1, 0.15) is 11.8 Å². The van der Waals surface area contributed by atoms with Crippen LogP contribution in [0.4, 0.5) is 5.69 Å². The second-order valence-electron chi connectivity index (χ2n) is 11.3. The first-order chi connectivity index (χ1) is 17.5. The number of imidazole rings is 1. The summed E-state index contributed by atoms with van der Waals surface area (Å²) in [5.74, 6) is -1.34. The van der Waals surface area contributed by atoms with Gasteiger partial charge in [-0.05, 0) is 61.8 Å². The van der Waals surface area contributed by atoms with Gasteiger partial charge in [-0.25, -0.2) is 4.98 Å². The third kappa shape index (κ3) is 6.93. The van der Waals surface area contributed by atoms with E-state index >= 15 is 0 Å². The number of carboxylic acids is 1. The molecule has 0 spiro atoms. The van der Waals surface area contributed by atoms with Gasteiger partial charge in [0.05, 0.1) is 12.2 Å². The molecule has 0 unspecified atom stereocenters. The largest absolute Gasteiger partial charge is 1.00 e. The fraction of sp³-hybridized carbons (Fsp3) is 0.500. The van der Waals surface area contributed by atoms with Crippen molar-refractivity contribution in [1.29, 1.82) is 5.26 Å². The van der Waals surface area contributed by atoms with Gasteiger partial charge in [0, 0.05) is 49.5 Å². The normalized spacial score (nSPS) is 18.1. The van der Waals surface area contributed by atoms with Gasteiger partial charge >= 0.3 is 29.6 Å². The van der Waals surface area contributed by atoms with E-state index in [2.05, 4.69) is 60.0 Å². The van der Waals surface area contributed by atoms with Gasteiger partial charge < -0.3 is 20.2 Å². The van der Waals surface area contributed by atoms with Gasteiger partial charge in [0.25, 0.3) is 5.91 Å². The monoisotopic (exact) mass is 526 g/mol. The van der Waals surface area contributed by atoms with E-state index in [4.69, 9.17) is 5.26 Å². The minimum absolute atomic E-state index is 0. The molecule has 2 heterocycles. The van der Waals surface area contributed by atoms with Gasteiger partial charge in [-0.3, -0.25) is 14.6 Å². The quantitative estimate of drug-likeness (QED) is 0.476. The molecule has 1 fully saturated rings. The number of carbonyl (C=O) groups excluding carboxylic acids is 2. The Morgan fingerprint density at radius 1 is 1.24 bits per heavy atom. The number of piperazine rings is 1. The number of nitriles is 1. The summed E-state index contributed by atoms with van der Waals surface area (Å²) in [4.78, 5) is 35.0. The van der Waals surface area contributed by atoms with Crippen LogP contribution in [0.25, 0.3) is 5.57 Å². The van der Waals surface area contributed by atoms with Gasteiger partial charge in [0.2, 0.25) is 0 Å². The number of nitrogens with one attached hydrogen (secondary N) is 2. The van der Waals surface area contributed by atoms with Gasteiger partial charge in [0.15, 0.2) is 5.82 Å². The molecule has 38 heavy (non-hydrogen) atoms. The zero-order chi connectivity index (χ0) is 26.8. The molecule has 0 saturated carbocycles. The first kappa shape index (κ1) is 30.1. The van der Waals surface area contributed by atoms with E-state index in [0.717, 1.165) is 43.5 Å². The SMILES string of the molecule is CC1(C)CC=C(c2cc(C(C)(C)N3CCN(CC(=O)[O-])CC3)ccc2NC(=O)c2ncc(C#N)[nH]2)CC1.[Na+]. The molecule has 0 atom stereocenters. The van der Waals surface area contributed by atoms with Crippen molar-refractivity contribution >= 4 is 23.1 Å². The first-order valence-electron chi connectivity index (χ1n) is 12.8. The Hall–Kier alpha value is -2.48. The van der Waals surface area contributed by atoms with Crippen molar-refractivity contribution in [3.8, 4) is 6.07 Å². The molecule has 2 N–H and O–H groups in total. The molecular formula is C28H35N6NaO3. The van der Waals surface area contributed by atoms with E-state index in [1.807, 2.05) is 23.1 Å². The summed E-state index contributed by atoms with van der Waals surface area (Å²) < 4.78 is 0. The fourth-order valence-electron chi connectivity index (χ4n) is 5.13. The van der Waals surface area contributed by atoms with E-state index in [1.165, 1.54) is 11.8 Å². The van der Waals surface area contributed by atoms with Crippen LogP contribution in [0.3, 0.4) is 0 Å². The predicted octanol–water partition coefficient (Wildman–Crippen LogP) is -0.266. The summed E-state index contributed by atoms with van der Waals surface area (Å²) in [7, 11) is 0. The van der Waals surface area contributed by atoms with E-state index in [0.29, 0.717) is 18.8 Å². The summed E-state index contributed by atoms with van der Waals surface area (Å²) >= 11 is 0. The zero-order valence-corrected chi connectivity index (χ0v) is 25.1. The number of anilines is 1. The van der Waals surface area contributed by atoms with Crippen molar-refractivity contribution in [1.82, 2.24) is 19.8 Å². The average molecular weight is 527 g/mol. The number of rotatable bonds is 7. The van der Waals surface area contributed by atoms with E-state index in [1.54, 1.807) is 0 Å². The van der Waals surface area contributed by atoms with Gasteiger partial charge in [-0.1, -0.05) is 26.0 Å². The molecular weight excluding hydrogens is 491 g/mol. The molecule has 2 aliphatic rings. The summed E-state index contributed by atoms with van der Waals surface area (Å²) in [5, 5.41) is 23.0. The molecule has 1 amide bonds. The number of amides is 1. The first-order valence-corrected chi connectivity index (χ1v) is 12.8. The Labute approximate surface area is 246 Å². The summed E-state index contributed by atoms with van der Waals surface area (Å²) in [6.07, 6.45) is 6.57. The topological polar surface area (TPSA) is 128 Å². The Balaban J connectivity index is 0.00000400. The number of hydrogen-bond acceptors (Lipinski definition) is 7. The van der Waals surface area contributed by atoms with Crippen molar-refractivity contribution in [2.75, 3.05) is 38.0 Å². The van der Waals surface area contributed by atoms with Gasteiger partial charge in [-0.2, -0.15) is 5.26 Å². The molecule has 196 valence electrons. The van der Waals surface area contributed by atoms with Crippen molar-refractivity contribution in [2.24, 2.45) is 5.41 Å². The van der Waals surface area contributed by atoms with Crippen LogP contribution in [0.15, 0.2) is 30.5 Å². The Morgan fingerprint density at radius 3 is 2.53 bits per heavy atom. The molecule has 1 aliphatic heterocycles. The molecule has 10 heteroatoms. The molecule has 1 saturated heterocycles. The van der Waals surface area contributed by atoms with Crippen LogP contribution in [-0.2, 0) is 10.3 Å². The number of benzene rings is 1. The van der Waals surface area contributed by atoms with Crippen LogP contribution < -0.4 is 40.0 Å². The zero-order valence-electron chi connectivity index (χ0n) is 23.1. The number of carbonyl (C=O) groups is 2. The number of carboxylic acid groups (broad SMARTS) is 1. The minimum atomic E-state index is -1.04. The Morgan fingerprint density at radius 2 is 1.95 bits per heavy atom. The number of nitrogens with zero attached hydrogens (tertiary/aromatic N) is 4. The average Bonchev–Trinajstić information content (AvgIpc) is 3.34. The smallest absolute Gasteiger partial charge is 0.549 e. The maximum Gasteiger partial charge on any atom is 1.00 e. The summed E-state index contributed by atoms with van der Waals surface area (Å²) in [6.45, 7) is 11.7. The van der Waals surface area contributed by atoms with Crippen molar-refractivity contribution in [3.63, 3.8) is 0 Å². The maximum atomic E-state index is 12.9. The molecule has 1 aliphatic carbocycles. The number of hydrogen-bond donors (Lipinski definition) is 2. The number of aliphatic carboxylic acids is 1. The molecule has 2 aromatic rings. The predicted molar refractivity (Wildman–Crippen MR) is 139 cm³/mol. The third-order valence-electron chi connectivity index (χ3n) is 7.72. The summed E-state index contributed by atoms with van der Waals surface area (Å²) in [5.41, 5.74) is 4.24. The fourth-order valence-corrected chi connectivity index (χ4v) is 5.13. The number of aromatic amines is 1. The second kappa shape index (κ2) is 12.1. The standard InChI is InChI=1S/C28H36N6O3.Na/c1-27(2)9-7-19(8-10-27)22-15-20(28(3,4)34-13-11-33(12-14-34)18-24(35)36)5-6-23(22)32-26(37)25-30-17-21(16-29)31-25;/h5-7,15,17H,8-14,18H2,1-4H3,(H,30,31)(H,32,37)(H,35,36);/q;+1/p-1. The molecule has 1 aromatic carbocycles. The molecule has 1 aromatic heterocycles. The van der Waals surface area contributed by atoms with Gasteiger partial charge in [-0.15, -0.1) is 0 Å². The third-order valence-corrected chi connectivity index (χ3v) is 7.72. The Kier molecular flexibility index (Phi) is 9.61. The van der Waals surface area contributed by atoms with Crippen LogP contribution in [0.5, 0.6) is 0 Å². The van der Waals surface area contributed by atoms with E-state index in [-0.39, 0.29) is 58.6 Å². The molecule has 0 bridgehead atoms. The molecule has 0 radical (unpaired) electrons. The second-order valence-corrected chi connectivity index (χ2v) is 11.3. The van der Waals surface area contributed by atoms with E-state index < -0.39 is 11.9 Å². The van der Waals surface area contributed by atoms with Crippen molar-refractivity contribution < 1.29 is 44.3 Å². The van der Waals surface area contributed by atoms with Crippen molar-refractivity contribution in [2.45, 2.75) is 52.5 Å². The molecule has 4 rings (SSSR count). The van der Waals surface area contributed by atoms with Crippen LogP contribution in [0.1, 0.15) is 74.4 Å². The summed E-state index contributed by atoms with van der Waals surface area (Å²) in [6, 6.07) is 8.13. The van der Waals surface area contributed by atoms with Crippen LogP contribution >= 0.6 is 0 Å².